The second-order valence-corrected chi connectivity index (χ2v) is 2.83. The number of hydrogen-bond donors (Lipinski definition) is 3. The van der Waals surface area contributed by atoms with Crippen molar-refractivity contribution in [2.45, 2.75) is 12.4 Å². The van der Waals surface area contributed by atoms with Gasteiger partial charge in [0.1, 0.15) is 0 Å². The van der Waals surface area contributed by atoms with Gasteiger partial charge in [-0.05, 0) is 6.92 Å². The normalized spacial score (nSPS) is 13.4. The van der Waals surface area contributed by atoms with Crippen LogP contribution in [0.15, 0.2) is 0 Å². The fourth-order valence-electron chi connectivity index (χ4n) is 0. The van der Waals surface area contributed by atoms with Crippen LogP contribution in [0.1, 0.15) is 6.92 Å². The van der Waals surface area contributed by atoms with E-state index in [1.807, 2.05) is 0 Å². The van der Waals surface area contributed by atoms with E-state index in [4.69, 9.17) is 14.8 Å². The van der Waals surface area contributed by atoms with Crippen LogP contribution < -0.4 is 0 Å². The van der Waals surface area contributed by atoms with Gasteiger partial charge in [0.2, 0.25) is 0 Å². The Hall–Kier alpha value is -0.170. The number of aliphatic hydroxyl groups is 2. The van der Waals surface area contributed by atoms with Crippen molar-refractivity contribution in [3.8, 4) is 0 Å². The summed E-state index contributed by atoms with van der Waals surface area (Å²) in [6.07, 6.45) is 0. The predicted molar refractivity (Wildman–Crippen MR) is 31.4 cm³/mol. The first-order valence-electron chi connectivity index (χ1n) is 2.03. The maximum atomic E-state index is 9.64. The maximum absolute atomic E-state index is 9.64. The van der Waals surface area contributed by atoms with E-state index in [0.717, 1.165) is 14.0 Å². The number of rotatable bonds is 1. The lowest BCUT2D eigenvalue weighted by molar-refractivity contribution is 0.252. The van der Waals surface area contributed by atoms with Crippen LogP contribution in [-0.2, 0) is 10.1 Å². The molecule has 0 bridgehead atoms. The highest BCUT2D eigenvalue weighted by Crippen LogP contribution is 1.88. The first kappa shape index (κ1) is 11.6. The highest BCUT2D eigenvalue weighted by Gasteiger charge is 2.10. The summed E-state index contributed by atoms with van der Waals surface area (Å²) in [6, 6.07) is 0. The van der Waals surface area contributed by atoms with Crippen LogP contribution >= 0.6 is 0 Å². The Balaban J connectivity index is 0. The zero-order valence-corrected chi connectivity index (χ0v) is 5.96. The molecule has 0 aliphatic heterocycles. The molecule has 1 atom stereocenters. The van der Waals surface area contributed by atoms with E-state index in [0.29, 0.717) is 0 Å². The lowest BCUT2D eigenvalue weighted by Crippen LogP contribution is -2.14. The molecule has 1 unspecified atom stereocenters. The Morgan fingerprint density at radius 2 is 1.44 bits per heavy atom. The van der Waals surface area contributed by atoms with Crippen LogP contribution in [0.25, 0.3) is 0 Å². The van der Waals surface area contributed by atoms with Crippen molar-refractivity contribution in [2.75, 3.05) is 7.11 Å². The SMILES string of the molecule is CC(O)S(=O)(=O)O.CO. The largest absolute Gasteiger partial charge is 0.400 e. The average molecular weight is 158 g/mol. The molecule has 0 saturated heterocycles. The van der Waals surface area contributed by atoms with Crippen LogP contribution in [0.4, 0.5) is 0 Å². The summed E-state index contributed by atoms with van der Waals surface area (Å²) in [5.41, 5.74) is -1.67. The minimum Gasteiger partial charge on any atom is -0.400 e. The molecule has 0 aromatic rings. The second-order valence-electron chi connectivity index (χ2n) is 1.11. The van der Waals surface area contributed by atoms with Gasteiger partial charge in [-0.15, -0.1) is 0 Å². The summed E-state index contributed by atoms with van der Waals surface area (Å²) < 4.78 is 27.1. The Labute approximate surface area is 53.7 Å². The molecule has 0 aliphatic rings. The van der Waals surface area contributed by atoms with Gasteiger partial charge in [0, 0.05) is 7.11 Å². The van der Waals surface area contributed by atoms with Crippen molar-refractivity contribution in [1.82, 2.24) is 0 Å². The van der Waals surface area contributed by atoms with Crippen molar-refractivity contribution < 1.29 is 23.2 Å². The van der Waals surface area contributed by atoms with Gasteiger partial charge >= 0.3 is 0 Å². The molecule has 58 valence electrons. The van der Waals surface area contributed by atoms with E-state index in [9.17, 15) is 8.42 Å². The summed E-state index contributed by atoms with van der Waals surface area (Å²) in [4.78, 5) is 0. The lowest BCUT2D eigenvalue weighted by Gasteiger charge is -1.94. The number of aliphatic hydroxyl groups excluding tert-OH is 2. The smallest absolute Gasteiger partial charge is 0.291 e. The van der Waals surface area contributed by atoms with Crippen LogP contribution in [-0.4, -0.2) is 35.7 Å². The summed E-state index contributed by atoms with van der Waals surface area (Å²) in [6.45, 7) is 0.968. The molecular weight excluding hydrogens is 148 g/mol. The van der Waals surface area contributed by atoms with Crippen LogP contribution in [0.5, 0.6) is 0 Å². The fraction of sp³-hybridized carbons (Fsp3) is 1.00. The van der Waals surface area contributed by atoms with Gasteiger partial charge < -0.3 is 10.2 Å². The van der Waals surface area contributed by atoms with Gasteiger partial charge in [-0.1, -0.05) is 0 Å². The zero-order chi connectivity index (χ0) is 8.08. The standard InChI is InChI=1S/C2H6O4S.CH4O/c1-2(3)7(4,5)6;1-2/h2-3H,1H3,(H,4,5,6);2H,1H3. The summed E-state index contributed by atoms with van der Waals surface area (Å²) in [5, 5.41) is 15.1. The number of hydrogen-bond acceptors (Lipinski definition) is 4. The summed E-state index contributed by atoms with van der Waals surface area (Å²) in [7, 11) is -3.19. The van der Waals surface area contributed by atoms with E-state index in [1.54, 1.807) is 0 Å². The second kappa shape index (κ2) is 4.68. The van der Waals surface area contributed by atoms with Gasteiger partial charge in [-0.3, -0.25) is 4.55 Å². The van der Waals surface area contributed by atoms with Gasteiger partial charge in [0.25, 0.3) is 10.1 Å². The van der Waals surface area contributed by atoms with Crippen LogP contribution in [0.2, 0.25) is 0 Å². The molecule has 6 heteroatoms. The molecule has 5 nitrogen and oxygen atoms in total. The van der Waals surface area contributed by atoms with E-state index >= 15 is 0 Å². The minimum atomic E-state index is -4.19. The fourth-order valence-corrected chi connectivity index (χ4v) is 0. The van der Waals surface area contributed by atoms with Crippen molar-refractivity contribution >= 4 is 10.1 Å². The van der Waals surface area contributed by atoms with E-state index in [2.05, 4.69) is 0 Å². The molecule has 0 rings (SSSR count). The van der Waals surface area contributed by atoms with E-state index in [-0.39, 0.29) is 0 Å². The minimum absolute atomic E-state index is 0.968. The molecule has 0 radical (unpaired) electrons. The monoisotopic (exact) mass is 158 g/mol. The highest BCUT2D eigenvalue weighted by molar-refractivity contribution is 7.86. The molecule has 0 aliphatic carbocycles. The molecule has 0 aromatic carbocycles. The Morgan fingerprint density at radius 3 is 1.44 bits per heavy atom. The lowest BCUT2D eigenvalue weighted by atomic mass is 10.9. The molecule has 0 spiro atoms. The first-order valence-corrected chi connectivity index (χ1v) is 3.54. The highest BCUT2D eigenvalue weighted by atomic mass is 32.2. The zero-order valence-electron chi connectivity index (χ0n) is 5.14. The summed E-state index contributed by atoms with van der Waals surface area (Å²) >= 11 is 0. The van der Waals surface area contributed by atoms with Gasteiger partial charge in [0.05, 0.1) is 0 Å². The molecule has 0 amide bonds. The first-order chi connectivity index (χ1) is 3.94. The molecular formula is C3H10O5S. The molecule has 0 aromatic heterocycles. The predicted octanol–water partition coefficient (Wildman–Crippen LogP) is -1.18. The molecule has 3 N–H and O–H groups in total. The van der Waals surface area contributed by atoms with Crippen molar-refractivity contribution in [3.63, 3.8) is 0 Å². The van der Waals surface area contributed by atoms with Crippen LogP contribution in [0, 0.1) is 0 Å². The molecule has 0 fully saturated rings. The van der Waals surface area contributed by atoms with E-state index in [1.165, 1.54) is 0 Å². The Kier molecular flexibility index (Phi) is 6.04. The third-order valence-corrected chi connectivity index (χ3v) is 1.29. The molecule has 0 heterocycles. The van der Waals surface area contributed by atoms with Gasteiger partial charge in [0.15, 0.2) is 5.44 Å². The third kappa shape index (κ3) is 7.83. The van der Waals surface area contributed by atoms with Crippen molar-refractivity contribution in [2.24, 2.45) is 0 Å². The van der Waals surface area contributed by atoms with Crippen molar-refractivity contribution in [3.05, 3.63) is 0 Å². The van der Waals surface area contributed by atoms with Gasteiger partial charge in [-0.2, -0.15) is 8.42 Å². The van der Waals surface area contributed by atoms with E-state index < -0.39 is 15.6 Å². The maximum Gasteiger partial charge on any atom is 0.291 e. The quantitative estimate of drug-likeness (QED) is 0.417. The van der Waals surface area contributed by atoms with Crippen LogP contribution in [0.3, 0.4) is 0 Å². The Morgan fingerprint density at radius 1 is 1.33 bits per heavy atom. The Bertz CT molecular complexity index is 134. The summed E-state index contributed by atoms with van der Waals surface area (Å²) in [5.74, 6) is 0. The van der Waals surface area contributed by atoms with Crippen molar-refractivity contribution in [1.29, 1.82) is 0 Å². The average Bonchev–Trinajstić information content (AvgIpc) is 1.69. The van der Waals surface area contributed by atoms with Gasteiger partial charge in [-0.25, -0.2) is 0 Å². The molecule has 0 saturated carbocycles. The topological polar surface area (TPSA) is 94.8 Å². The third-order valence-electron chi connectivity index (χ3n) is 0.431. The molecule has 9 heavy (non-hydrogen) atoms.